The van der Waals surface area contributed by atoms with Crippen LogP contribution in [0.25, 0.3) is 0 Å². The molecule has 0 unspecified atom stereocenters. The Morgan fingerprint density at radius 2 is 1.92 bits per heavy atom. The van der Waals surface area contributed by atoms with Crippen molar-refractivity contribution in [2.24, 2.45) is 0 Å². The minimum absolute atomic E-state index is 0.258. The van der Waals surface area contributed by atoms with Crippen LogP contribution in [0.4, 0.5) is 0 Å². The zero-order chi connectivity index (χ0) is 10.5. The van der Waals surface area contributed by atoms with Gasteiger partial charge in [-0.1, -0.05) is 6.58 Å². The number of nitrogens with one attached hydrogen (secondary N) is 1. The highest BCUT2D eigenvalue weighted by molar-refractivity contribution is 5.91. The van der Waals surface area contributed by atoms with Crippen molar-refractivity contribution in [2.45, 2.75) is 13.8 Å². The van der Waals surface area contributed by atoms with Crippen molar-refractivity contribution < 1.29 is 19.6 Å². The van der Waals surface area contributed by atoms with E-state index < -0.39 is 0 Å². The predicted octanol–water partition coefficient (Wildman–Crippen LogP) is -0.670. The average molecular weight is 189 g/mol. The number of hydrogen-bond acceptors (Lipinski definition) is 3. The summed E-state index contributed by atoms with van der Waals surface area (Å²) in [6.45, 7) is 6.50. The summed E-state index contributed by atoms with van der Waals surface area (Å²) in [5.74, 6) is -0.370. The third kappa shape index (κ3) is 3.14. The summed E-state index contributed by atoms with van der Waals surface area (Å²) in [7, 11) is 0. The Morgan fingerprint density at radius 3 is 2.15 bits per heavy atom. The van der Waals surface area contributed by atoms with Gasteiger partial charge in [0.05, 0.1) is 0 Å². The first-order valence-corrected chi connectivity index (χ1v) is 4.07. The quantitative estimate of drug-likeness (QED) is 0.232. The zero-order valence-electron chi connectivity index (χ0n) is 8.08. The fraction of sp³-hybridized carbons (Fsp3) is 0.625. The van der Waals surface area contributed by atoms with Crippen LogP contribution in [0.1, 0.15) is 13.8 Å². The van der Waals surface area contributed by atoms with Crippen LogP contribution < -0.4 is 5.43 Å². The van der Waals surface area contributed by atoms with Gasteiger partial charge >= 0.3 is 0 Å². The van der Waals surface area contributed by atoms with Gasteiger partial charge < -0.3 is 10.2 Å². The van der Waals surface area contributed by atoms with Crippen LogP contribution in [-0.2, 0) is 4.79 Å². The van der Waals surface area contributed by atoms with Crippen LogP contribution in [0.2, 0.25) is 0 Å². The summed E-state index contributed by atoms with van der Waals surface area (Å²) >= 11 is 0. The molecule has 0 saturated heterocycles. The van der Waals surface area contributed by atoms with Crippen LogP contribution in [0.3, 0.4) is 0 Å². The van der Waals surface area contributed by atoms with Gasteiger partial charge in [0.2, 0.25) is 13.5 Å². The van der Waals surface area contributed by atoms with Gasteiger partial charge in [-0.25, -0.2) is 0 Å². The molecule has 5 nitrogen and oxygen atoms in total. The molecule has 0 radical (unpaired) electrons. The predicted molar refractivity (Wildman–Crippen MR) is 47.9 cm³/mol. The van der Waals surface area contributed by atoms with Crippen LogP contribution in [-0.4, -0.2) is 40.7 Å². The molecule has 5 heteroatoms. The highest BCUT2D eigenvalue weighted by Crippen LogP contribution is 1.99. The number of hydrogen-bond donors (Lipinski definition) is 3. The number of carbonyl (C=O) groups excluding carboxylic acids is 1. The average Bonchev–Trinajstić information content (AvgIpc) is 2.14. The van der Waals surface area contributed by atoms with E-state index >= 15 is 0 Å². The molecule has 0 aliphatic carbocycles. The highest BCUT2D eigenvalue weighted by atomic mass is 16.3. The fourth-order valence-corrected chi connectivity index (χ4v) is 0.705. The number of carbonyl (C=O) groups is 1. The molecule has 0 aromatic heterocycles. The van der Waals surface area contributed by atoms with E-state index in [1.54, 1.807) is 13.8 Å². The van der Waals surface area contributed by atoms with Gasteiger partial charge in [0.25, 0.3) is 5.91 Å². The van der Waals surface area contributed by atoms with Crippen molar-refractivity contribution in [1.29, 1.82) is 0 Å². The third-order valence-corrected chi connectivity index (χ3v) is 1.87. The topological polar surface area (TPSA) is 69.6 Å². The molecule has 0 spiro atoms. The standard InChI is InChI=1S/C8H16N2O3/c1-4-10(5-11,6-12)9-8(13)7(2)3/h11-12H,2,4-6H2,1,3H3/p+1. The fourth-order valence-electron chi connectivity index (χ4n) is 0.705. The Labute approximate surface area is 77.8 Å². The molecule has 0 aliphatic heterocycles. The number of aliphatic hydroxyl groups excluding tert-OH is 2. The van der Waals surface area contributed by atoms with Gasteiger partial charge in [-0.2, -0.15) is 10.0 Å². The van der Waals surface area contributed by atoms with Crippen LogP contribution in [0, 0.1) is 0 Å². The van der Waals surface area contributed by atoms with Crippen molar-refractivity contribution in [3.63, 3.8) is 0 Å². The van der Waals surface area contributed by atoms with Crippen LogP contribution >= 0.6 is 0 Å². The van der Waals surface area contributed by atoms with Crippen molar-refractivity contribution >= 4 is 5.91 Å². The van der Waals surface area contributed by atoms with Gasteiger partial charge in [-0.05, 0) is 13.8 Å². The van der Waals surface area contributed by atoms with Gasteiger partial charge in [0.15, 0.2) is 0 Å². The molecule has 0 bridgehead atoms. The number of quaternary nitrogens is 1. The van der Waals surface area contributed by atoms with Crippen molar-refractivity contribution in [3.05, 3.63) is 12.2 Å². The normalized spacial score (nSPS) is 11.1. The van der Waals surface area contributed by atoms with Gasteiger partial charge in [0, 0.05) is 5.57 Å². The molecule has 1 amide bonds. The van der Waals surface area contributed by atoms with Crippen LogP contribution in [0.5, 0.6) is 0 Å². The molecular formula is C8H17N2O3+. The van der Waals surface area contributed by atoms with E-state index in [9.17, 15) is 4.79 Å². The van der Waals surface area contributed by atoms with Gasteiger partial charge in [0.1, 0.15) is 6.54 Å². The lowest BCUT2D eigenvalue weighted by Crippen LogP contribution is -2.61. The van der Waals surface area contributed by atoms with E-state index in [2.05, 4.69) is 12.0 Å². The Bertz CT molecular complexity index is 191. The monoisotopic (exact) mass is 189 g/mol. The van der Waals surface area contributed by atoms with E-state index in [1.165, 1.54) is 0 Å². The molecule has 3 N–H and O–H groups in total. The molecule has 0 fully saturated rings. The number of rotatable bonds is 5. The Hall–Kier alpha value is -0.910. The Morgan fingerprint density at radius 1 is 1.46 bits per heavy atom. The van der Waals surface area contributed by atoms with E-state index in [1.807, 2.05) is 0 Å². The van der Waals surface area contributed by atoms with Gasteiger partial charge in [-0.3, -0.25) is 4.79 Å². The largest absolute Gasteiger partial charge is 0.345 e. The summed E-state index contributed by atoms with van der Waals surface area (Å²) < 4.78 is -0.258. The maximum absolute atomic E-state index is 11.2. The smallest absolute Gasteiger partial charge is 0.291 e. The van der Waals surface area contributed by atoms with Crippen molar-refractivity contribution in [2.75, 3.05) is 20.0 Å². The van der Waals surface area contributed by atoms with E-state index in [0.717, 1.165) is 0 Å². The van der Waals surface area contributed by atoms with E-state index in [4.69, 9.17) is 10.2 Å². The van der Waals surface area contributed by atoms with Crippen molar-refractivity contribution in [3.8, 4) is 0 Å². The minimum Gasteiger partial charge on any atom is -0.345 e. The molecule has 76 valence electrons. The second-order valence-corrected chi connectivity index (χ2v) is 2.97. The molecule has 13 heavy (non-hydrogen) atoms. The number of aliphatic hydroxyl groups is 2. The molecule has 0 heterocycles. The second-order valence-electron chi connectivity index (χ2n) is 2.97. The highest BCUT2D eigenvalue weighted by Gasteiger charge is 2.26. The summed E-state index contributed by atoms with van der Waals surface area (Å²) in [5, 5.41) is 18.0. The molecule has 0 rings (SSSR count). The molecule has 0 atom stereocenters. The SMILES string of the molecule is C=C(C)C(=O)N[N+](CC)(CO)CO. The summed E-state index contributed by atoms with van der Waals surface area (Å²) in [6.07, 6.45) is 0. The second kappa shape index (κ2) is 4.96. The Kier molecular flexibility index (Phi) is 4.61. The lowest BCUT2D eigenvalue weighted by Gasteiger charge is -2.31. The van der Waals surface area contributed by atoms with E-state index in [-0.39, 0.29) is 24.0 Å². The molecule has 0 saturated carbocycles. The molecule has 0 aliphatic rings. The lowest BCUT2D eigenvalue weighted by molar-refractivity contribution is -0.990. The Balaban J connectivity index is 4.42. The first-order chi connectivity index (χ1) is 6.01. The summed E-state index contributed by atoms with van der Waals surface area (Å²) in [4.78, 5) is 11.2. The lowest BCUT2D eigenvalue weighted by atomic mass is 10.3. The molecule has 0 aromatic carbocycles. The first-order valence-electron chi connectivity index (χ1n) is 4.07. The summed E-state index contributed by atoms with van der Waals surface area (Å²) in [6, 6.07) is 0. The summed E-state index contributed by atoms with van der Waals surface area (Å²) in [5.41, 5.74) is 2.82. The maximum atomic E-state index is 11.2. The molecular weight excluding hydrogens is 172 g/mol. The van der Waals surface area contributed by atoms with Crippen molar-refractivity contribution in [1.82, 2.24) is 5.43 Å². The van der Waals surface area contributed by atoms with Crippen LogP contribution in [0.15, 0.2) is 12.2 Å². The zero-order valence-corrected chi connectivity index (χ0v) is 8.08. The minimum atomic E-state index is -0.370. The first kappa shape index (κ1) is 12.1. The maximum Gasteiger partial charge on any atom is 0.291 e. The molecule has 0 aromatic rings. The van der Waals surface area contributed by atoms with Gasteiger partial charge in [-0.15, -0.1) is 0 Å². The van der Waals surface area contributed by atoms with E-state index in [0.29, 0.717) is 12.1 Å². The third-order valence-electron chi connectivity index (χ3n) is 1.87. The number of amides is 1. The number of nitrogens with zero attached hydrogens (tertiary/aromatic N) is 1.